The number of aryl methyl sites for hydroxylation is 1. The number of amides is 1. The van der Waals surface area contributed by atoms with Crippen LogP contribution in [0.5, 0.6) is 0 Å². The molecule has 3 aromatic rings. The van der Waals surface area contributed by atoms with Crippen LogP contribution in [0.4, 0.5) is 5.69 Å². The minimum Gasteiger partial charge on any atom is -0.378 e. The Morgan fingerprint density at radius 2 is 1.59 bits per heavy atom. The van der Waals surface area contributed by atoms with Crippen LogP contribution >= 0.6 is 0 Å². The number of nitrogens with zero attached hydrogens (tertiary/aromatic N) is 3. The lowest BCUT2D eigenvalue weighted by Crippen LogP contribution is -2.40. The highest BCUT2D eigenvalue weighted by Gasteiger charge is 2.26. The molecule has 1 amide bonds. The van der Waals surface area contributed by atoms with Crippen molar-refractivity contribution in [2.24, 2.45) is 5.10 Å². The van der Waals surface area contributed by atoms with Crippen molar-refractivity contribution in [3.05, 3.63) is 95.6 Å². The van der Waals surface area contributed by atoms with E-state index in [1.54, 1.807) is 24.3 Å². The molecule has 3 aromatic carbocycles. The summed E-state index contributed by atoms with van der Waals surface area (Å²) in [6, 6.07) is 23.9. The molecular formula is C26H30N4O3S. The molecule has 34 heavy (non-hydrogen) atoms. The van der Waals surface area contributed by atoms with Crippen LogP contribution in [0.25, 0.3) is 0 Å². The molecule has 8 heteroatoms. The van der Waals surface area contributed by atoms with Gasteiger partial charge in [0, 0.05) is 26.3 Å². The molecule has 7 nitrogen and oxygen atoms in total. The second-order valence-electron chi connectivity index (χ2n) is 8.17. The van der Waals surface area contributed by atoms with Gasteiger partial charge in [0.15, 0.2) is 0 Å². The lowest BCUT2D eigenvalue weighted by molar-refractivity contribution is -0.121. The summed E-state index contributed by atoms with van der Waals surface area (Å²) in [4.78, 5) is 14.7. The van der Waals surface area contributed by atoms with E-state index in [0.717, 1.165) is 22.4 Å². The van der Waals surface area contributed by atoms with Gasteiger partial charge < -0.3 is 4.90 Å². The maximum absolute atomic E-state index is 13.3. The van der Waals surface area contributed by atoms with Crippen LogP contribution in [-0.2, 0) is 21.2 Å². The number of carbonyl (C=O) groups is 1. The predicted molar refractivity (Wildman–Crippen MR) is 137 cm³/mol. The number of hydrazone groups is 1. The number of hydrogen-bond donors (Lipinski definition) is 1. The van der Waals surface area contributed by atoms with Gasteiger partial charge in [0.1, 0.15) is 0 Å². The first-order valence-electron chi connectivity index (χ1n) is 11.0. The molecule has 0 aliphatic carbocycles. The van der Waals surface area contributed by atoms with Gasteiger partial charge in [0.05, 0.1) is 17.7 Å². The van der Waals surface area contributed by atoms with Crippen LogP contribution in [0, 0.1) is 6.92 Å². The van der Waals surface area contributed by atoms with Gasteiger partial charge >= 0.3 is 0 Å². The minimum absolute atomic E-state index is 0.156. The zero-order valence-electron chi connectivity index (χ0n) is 19.7. The van der Waals surface area contributed by atoms with E-state index in [2.05, 4.69) is 10.5 Å². The smallest absolute Gasteiger partial charge is 0.255 e. The number of carbonyl (C=O) groups excluding carboxylic acids is 1. The Labute approximate surface area is 201 Å². The van der Waals surface area contributed by atoms with Crippen molar-refractivity contribution in [1.29, 1.82) is 0 Å². The van der Waals surface area contributed by atoms with Crippen LogP contribution in [0.2, 0.25) is 0 Å². The third kappa shape index (κ3) is 7.00. The molecule has 0 fully saturated rings. The molecule has 0 spiro atoms. The lowest BCUT2D eigenvalue weighted by Gasteiger charge is -2.21. The zero-order valence-corrected chi connectivity index (χ0v) is 20.5. The number of anilines is 1. The second kappa shape index (κ2) is 11.6. The summed E-state index contributed by atoms with van der Waals surface area (Å²) in [7, 11) is 0.0546. The Morgan fingerprint density at radius 3 is 2.21 bits per heavy atom. The molecule has 0 aliphatic heterocycles. The molecule has 0 unspecified atom stereocenters. The van der Waals surface area contributed by atoms with E-state index in [9.17, 15) is 13.2 Å². The van der Waals surface area contributed by atoms with Gasteiger partial charge in [-0.2, -0.15) is 9.41 Å². The Bertz CT molecular complexity index is 1210. The molecule has 0 aromatic heterocycles. The van der Waals surface area contributed by atoms with E-state index in [-0.39, 0.29) is 18.0 Å². The van der Waals surface area contributed by atoms with Crippen molar-refractivity contribution in [2.75, 3.05) is 32.1 Å². The maximum Gasteiger partial charge on any atom is 0.255 e. The van der Waals surface area contributed by atoms with Gasteiger partial charge in [-0.3, -0.25) is 4.79 Å². The molecule has 0 radical (unpaired) electrons. The summed E-state index contributed by atoms with van der Waals surface area (Å²) in [5.41, 5.74) is 6.27. The number of benzene rings is 3. The van der Waals surface area contributed by atoms with E-state index in [1.807, 2.05) is 80.5 Å². The lowest BCUT2D eigenvalue weighted by atomic mass is 10.1. The van der Waals surface area contributed by atoms with E-state index in [4.69, 9.17) is 0 Å². The summed E-state index contributed by atoms with van der Waals surface area (Å²) in [6.45, 7) is 1.73. The number of nitrogens with one attached hydrogen (secondary N) is 1. The fourth-order valence-corrected chi connectivity index (χ4v) is 4.67. The van der Waals surface area contributed by atoms with E-state index in [1.165, 1.54) is 10.5 Å². The van der Waals surface area contributed by atoms with Gasteiger partial charge in [0.25, 0.3) is 5.91 Å². The van der Waals surface area contributed by atoms with Crippen LogP contribution in [0.15, 0.2) is 88.9 Å². The summed E-state index contributed by atoms with van der Waals surface area (Å²) in [5, 5.41) is 3.99. The standard InChI is InChI=1S/C26H30N4O3S/c1-21-9-15-25(16-10-21)34(32,33)30(18-17-22-7-5-4-6-8-22)20-26(31)28-27-19-23-11-13-24(14-12-23)29(2)3/h4-16,19H,17-18,20H2,1-3H3,(H,28,31). The third-order valence-electron chi connectivity index (χ3n) is 5.28. The van der Waals surface area contributed by atoms with Gasteiger partial charge in [-0.25, -0.2) is 13.8 Å². The zero-order chi connectivity index (χ0) is 24.6. The molecular weight excluding hydrogens is 448 g/mol. The summed E-state index contributed by atoms with van der Waals surface area (Å²) in [5.74, 6) is -0.509. The number of rotatable bonds is 10. The average molecular weight is 479 g/mol. The van der Waals surface area contributed by atoms with Gasteiger partial charge in [-0.05, 0) is 48.7 Å². The maximum atomic E-state index is 13.3. The highest BCUT2D eigenvalue weighted by Crippen LogP contribution is 2.17. The predicted octanol–water partition coefficient (Wildman–Crippen LogP) is 3.44. The Balaban J connectivity index is 1.70. The first-order valence-corrected chi connectivity index (χ1v) is 12.4. The Kier molecular flexibility index (Phi) is 8.56. The average Bonchev–Trinajstić information content (AvgIpc) is 2.83. The molecule has 0 bridgehead atoms. The first kappa shape index (κ1) is 25.1. The van der Waals surface area contributed by atoms with Crippen LogP contribution in [-0.4, -0.2) is 52.0 Å². The summed E-state index contributed by atoms with van der Waals surface area (Å²) >= 11 is 0. The van der Waals surface area contributed by atoms with Gasteiger partial charge in [-0.15, -0.1) is 0 Å². The van der Waals surface area contributed by atoms with Gasteiger partial charge in [-0.1, -0.05) is 60.2 Å². The van der Waals surface area contributed by atoms with Crippen molar-refractivity contribution < 1.29 is 13.2 Å². The first-order chi connectivity index (χ1) is 16.3. The number of hydrogen-bond acceptors (Lipinski definition) is 5. The number of sulfonamides is 1. The molecule has 0 aliphatic rings. The monoisotopic (exact) mass is 478 g/mol. The van der Waals surface area contributed by atoms with Crippen LogP contribution in [0.1, 0.15) is 16.7 Å². The van der Waals surface area contributed by atoms with E-state index < -0.39 is 15.9 Å². The summed E-state index contributed by atoms with van der Waals surface area (Å²) in [6.07, 6.45) is 2.01. The molecule has 0 atom stereocenters. The Hall–Kier alpha value is -3.49. The second-order valence-corrected chi connectivity index (χ2v) is 10.1. The van der Waals surface area contributed by atoms with Crippen molar-refractivity contribution in [2.45, 2.75) is 18.2 Å². The third-order valence-corrected chi connectivity index (χ3v) is 7.14. The summed E-state index contributed by atoms with van der Waals surface area (Å²) < 4.78 is 27.8. The van der Waals surface area contributed by atoms with Crippen LogP contribution in [0.3, 0.4) is 0 Å². The van der Waals surface area contributed by atoms with E-state index >= 15 is 0 Å². The van der Waals surface area contributed by atoms with Gasteiger partial charge in [0.2, 0.25) is 10.0 Å². The SMILES string of the molecule is Cc1ccc(S(=O)(=O)N(CCc2ccccc2)CC(=O)NN=Cc2ccc(N(C)C)cc2)cc1. The van der Waals surface area contributed by atoms with Crippen molar-refractivity contribution in [3.63, 3.8) is 0 Å². The van der Waals surface area contributed by atoms with Crippen LogP contribution < -0.4 is 10.3 Å². The largest absolute Gasteiger partial charge is 0.378 e. The molecule has 0 saturated carbocycles. The molecule has 0 saturated heterocycles. The Morgan fingerprint density at radius 1 is 0.941 bits per heavy atom. The molecule has 1 N–H and O–H groups in total. The van der Waals surface area contributed by atoms with Crippen molar-refractivity contribution in [3.8, 4) is 0 Å². The van der Waals surface area contributed by atoms with Crippen molar-refractivity contribution >= 4 is 27.8 Å². The fraction of sp³-hybridized carbons (Fsp3) is 0.231. The molecule has 178 valence electrons. The highest BCUT2D eigenvalue weighted by molar-refractivity contribution is 7.89. The van der Waals surface area contributed by atoms with Crippen molar-refractivity contribution in [1.82, 2.24) is 9.73 Å². The topological polar surface area (TPSA) is 82.1 Å². The molecule has 3 rings (SSSR count). The highest BCUT2D eigenvalue weighted by atomic mass is 32.2. The molecule has 0 heterocycles. The fourth-order valence-electron chi connectivity index (χ4n) is 3.27. The normalized spacial score (nSPS) is 11.6. The van der Waals surface area contributed by atoms with E-state index in [0.29, 0.717) is 6.42 Å². The minimum atomic E-state index is -3.86. The quantitative estimate of drug-likeness (QED) is 0.358.